The van der Waals surface area contributed by atoms with E-state index in [1.165, 1.54) is 17.3 Å². The monoisotopic (exact) mass is 393 g/mol. The molecule has 3 aromatic rings. The third-order valence-electron chi connectivity index (χ3n) is 4.25. The number of thioether (sulfide) groups is 1. The predicted molar refractivity (Wildman–Crippen MR) is 112 cm³/mol. The molecule has 0 unspecified atom stereocenters. The molecule has 1 amide bonds. The average Bonchev–Trinajstić information content (AvgIpc) is 3.14. The molecule has 0 fully saturated rings. The Morgan fingerprint density at radius 1 is 1.25 bits per heavy atom. The van der Waals surface area contributed by atoms with Gasteiger partial charge in [0.1, 0.15) is 0 Å². The topological polar surface area (TPSA) is 72.7 Å². The van der Waals surface area contributed by atoms with Crippen molar-refractivity contribution in [2.24, 2.45) is 0 Å². The molecule has 0 spiro atoms. The average molecular weight is 394 g/mol. The zero-order valence-corrected chi connectivity index (χ0v) is 16.6. The van der Waals surface area contributed by atoms with Gasteiger partial charge in [0, 0.05) is 31.0 Å². The molecule has 2 heterocycles. The maximum atomic E-state index is 12.3. The zero-order valence-electron chi connectivity index (χ0n) is 15.8. The summed E-state index contributed by atoms with van der Waals surface area (Å²) in [6.45, 7) is 7.07. The summed E-state index contributed by atoms with van der Waals surface area (Å²) in [7, 11) is 0. The van der Waals surface area contributed by atoms with Gasteiger partial charge in [0.05, 0.1) is 5.75 Å². The molecule has 144 valence electrons. The maximum Gasteiger partial charge on any atom is 0.230 e. The van der Waals surface area contributed by atoms with Gasteiger partial charge in [-0.05, 0) is 23.6 Å². The molecule has 0 saturated heterocycles. The van der Waals surface area contributed by atoms with Gasteiger partial charge in [-0.15, -0.1) is 16.8 Å². The molecular formula is C21H23N5OS. The molecule has 0 aliphatic heterocycles. The summed E-state index contributed by atoms with van der Waals surface area (Å²) in [6.07, 6.45) is 5.25. The van der Waals surface area contributed by atoms with Crippen molar-refractivity contribution in [3.05, 3.63) is 73.1 Å². The summed E-state index contributed by atoms with van der Waals surface area (Å²) >= 11 is 1.37. The number of pyridine rings is 1. The lowest BCUT2D eigenvalue weighted by molar-refractivity contribution is -0.118. The van der Waals surface area contributed by atoms with Crippen LogP contribution in [0.1, 0.15) is 18.4 Å². The fraction of sp³-hybridized carbons (Fsp3) is 0.238. The van der Waals surface area contributed by atoms with Crippen molar-refractivity contribution in [2.75, 3.05) is 12.3 Å². The van der Waals surface area contributed by atoms with Crippen LogP contribution in [0.4, 0.5) is 0 Å². The Morgan fingerprint density at radius 2 is 2.07 bits per heavy atom. The van der Waals surface area contributed by atoms with Gasteiger partial charge in [-0.2, -0.15) is 0 Å². The number of benzene rings is 1. The molecule has 1 aromatic carbocycles. The first-order valence-electron chi connectivity index (χ1n) is 9.08. The summed E-state index contributed by atoms with van der Waals surface area (Å²) in [5.74, 6) is 1.23. The predicted octanol–water partition coefficient (Wildman–Crippen LogP) is 3.54. The number of carbonyl (C=O) groups excluding carboxylic acids is 1. The quantitative estimate of drug-likeness (QED) is 0.445. The molecule has 6 nitrogen and oxygen atoms in total. The highest BCUT2D eigenvalue weighted by Crippen LogP contribution is 2.23. The molecule has 1 atom stereocenters. The first kappa shape index (κ1) is 19.8. The Kier molecular flexibility index (Phi) is 6.97. The van der Waals surface area contributed by atoms with Crippen LogP contribution in [0, 0.1) is 0 Å². The number of rotatable bonds is 9. The highest BCUT2D eigenvalue weighted by molar-refractivity contribution is 7.99. The number of nitrogens with one attached hydrogen (secondary N) is 1. The van der Waals surface area contributed by atoms with Crippen LogP contribution in [0.15, 0.2) is 72.7 Å². The van der Waals surface area contributed by atoms with Crippen LogP contribution in [0.3, 0.4) is 0 Å². The smallest absolute Gasteiger partial charge is 0.230 e. The molecule has 28 heavy (non-hydrogen) atoms. The lowest BCUT2D eigenvalue weighted by atomic mass is 10.0. The van der Waals surface area contributed by atoms with Gasteiger partial charge >= 0.3 is 0 Å². The lowest BCUT2D eigenvalue weighted by Gasteiger charge is -2.13. The van der Waals surface area contributed by atoms with Crippen LogP contribution in [0.5, 0.6) is 0 Å². The summed E-state index contributed by atoms with van der Waals surface area (Å²) in [4.78, 5) is 16.4. The van der Waals surface area contributed by atoms with Crippen LogP contribution in [-0.4, -0.2) is 38.0 Å². The third-order valence-corrected chi connectivity index (χ3v) is 5.22. The highest BCUT2D eigenvalue weighted by atomic mass is 32.2. The van der Waals surface area contributed by atoms with Gasteiger partial charge < -0.3 is 5.32 Å². The first-order valence-corrected chi connectivity index (χ1v) is 10.1. The largest absolute Gasteiger partial charge is 0.355 e. The molecular weight excluding hydrogens is 370 g/mol. The van der Waals surface area contributed by atoms with E-state index in [2.05, 4.69) is 46.1 Å². The number of hydrogen-bond acceptors (Lipinski definition) is 5. The van der Waals surface area contributed by atoms with Gasteiger partial charge in [0.25, 0.3) is 0 Å². The fourth-order valence-electron chi connectivity index (χ4n) is 2.75. The van der Waals surface area contributed by atoms with E-state index in [1.807, 2.05) is 34.9 Å². The molecule has 3 rings (SSSR count). The van der Waals surface area contributed by atoms with Crippen LogP contribution >= 0.6 is 11.8 Å². The van der Waals surface area contributed by atoms with Gasteiger partial charge in [0.2, 0.25) is 5.91 Å². The number of nitrogens with zero attached hydrogens (tertiary/aromatic N) is 4. The van der Waals surface area contributed by atoms with Crippen molar-refractivity contribution in [1.82, 2.24) is 25.1 Å². The van der Waals surface area contributed by atoms with E-state index in [-0.39, 0.29) is 17.6 Å². The number of hydrogen-bond donors (Lipinski definition) is 1. The van der Waals surface area contributed by atoms with Crippen LogP contribution < -0.4 is 5.32 Å². The first-order chi connectivity index (χ1) is 13.7. The van der Waals surface area contributed by atoms with Gasteiger partial charge in [-0.1, -0.05) is 55.1 Å². The summed E-state index contributed by atoms with van der Waals surface area (Å²) in [5, 5.41) is 12.2. The Bertz CT molecular complexity index is 911. The lowest BCUT2D eigenvalue weighted by Crippen LogP contribution is -2.29. The Morgan fingerprint density at radius 3 is 2.79 bits per heavy atom. The minimum absolute atomic E-state index is 0.0242. The van der Waals surface area contributed by atoms with E-state index in [0.29, 0.717) is 24.1 Å². The van der Waals surface area contributed by atoms with Gasteiger partial charge in [0.15, 0.2) is 11.0 Å². The maximum absolute atomic E-state index is 12.3. The number of carbonyl (C=O) groups is 1. The van der Waals surface area contributed by atoms with Crippen LogP contribution in [0.25, 0.3) is 11.4 Å². The molecule has 2 aromatic heterocycles. The second-order valence-electron chi connectivity index (χ2n) is 6.35. The molecule has 0 bridgehead atoms. The van der Waals surface area contributed by atoms with Crippen molar-refractivity contribution >= 4 is 17.7 Å². The Labute approximate surface area is 169 Å². The Hall–Kier alpha value is -2.93. The number of aromatic nitrogens is 4. The van der Waals surface area contributed by atoms with Crippen molar-refractivity contribution in [2.45, 2.75) is 24.5 Å². The number of allylic oxidation sites excluding steroid dienone is 1. The minimum atomic E-state index is -0.0242. The summed E-state index contributed by atoms with van der Waals surface area (Å²) in [5.41, 5.74) is 2.09. The van der Waals surface area contributed by atoms with Crippen molar-refractivity contribution in [3.8, 4) is 11.4 Å². The molecule has 1 N–H and O–H groups in total. The second-order valence-corrected chi connectivity index (χ2v) is 7.29. The zero-order chi connectivity index (χ0) is 19.8. The standard InChI is InChI=1S/C21H23N5OS/c1-3-12-26-20(18-10-7-11-22-14-18)24-25-21(26)28-15-19(27)23-13-16(2)17-8-5-4-6-9-17/h3-11,14,16H,1,12-13,15H2,2H3,(H,23,27)/t16-/m1/s1. The van der Waals surface area contributed by atoms with Crippen LogP contribution in [0.2, 0.25) is 0 Å². The molecule has 0 aliphatic carbocycles. The fourth-order valence-corrected chi connectivity index (χ4v) is 3.52. The third kappa shape index (κ3) is 5.07. The summed E-state index contributed by atoms with van der Waals surface area (Å²) < 4.78 is 1.94. The normalized spacial score (nSPS) is 11.8. The van der Waals surface area contributed by atoms with Gasteiger partial charge in [-0.3, -0.25) is 14.3 Å². The van der Waals surface area contributed by atoms with Gasteiger partial charge in [-0.25, -0.2) is 0 Å². The van der Waals surface area contributed by atoms with E-state index < -0.39 is 0 Å². The van der Waals surface area contributed by atoms with Crippen molar-refractivity contribution in [3.63, 3.8) is 0 Å². The highest BCUT2D eigenvalue weighted by Gasteiger charge is 2.15. The van der Waals surface area contributed by atoms with E-state index >= 15 is 0 Å². The minimum Gasteiger partial charge on any atom is -0.355 e. The number of amides is 1. The van der Waals surface area contributed by atoms with Crippen molar-refractivity contribution in [1.29, 1.82) is 0 Å². The van der Waals surface area contributed by atoms with E-state index in [4.69, 9.17) is 0 Å². The molecule has 0 aliphatic rings. The Balaban J connectivity index is 1.59. The van der Waals surface area contributed by atoms with E-state index in [9.17, 15) is 4.79 Å². The molecule has 0 saturated carbocycles. The van der Waals surface area contributed by atoms with E-state index in [1.54, 1.807) is 18.5 Å². The molecule has 7 heteroatoms. The van der Waals surface area contributed by atoms with Crippen LogP contribution in [-0.2, 0) is 11.3 Å². The SMILES string of the molecule is C=CCn1c(SCC(=O)NC[C@@H](C)c2ccccc2)nnc1-c1cccnc1. The second kappa shape index (κ2) is 9.85. The van der Waals surface area contributed by atoms with E-state index in [0.717, 1.165) is 5.56 Å². The molecule has 0 radical (unpaired) electrons. The summed E-state index contributed by atoms with van der Waals surface area (Å²) in [6, 6.07) is 13.9. The van der Waals surface area contributed by atoms with Crippen molar-refractivity contribution < 1.29 is 4.79 Å².